The van der Waals surface area contributed by atoms with Crippen LogP contribution in [-0.4, -0.2) is 47.2 Å². The molecule has 0 radical (unpaired) electrons. The molecule has 1 amide bonds. The number of anilines is 2. The molecule has 0 aliphatic heterocycles. The fourth-order valence-corrected chi connectivity index (χ4v) is 3.48. The highest BCUT2D eigenvalue weighted by molar-refractivity contribution is 7.92. The average molecular weight is 484 g/mol. The van der Waals surface area contributed by atoms with Crippen LogP contribution < -0.4 is 10.0 Å². The molecule has 0 unspecified atom stereocenters. The number of hydrogen-bond donors (Lipinski definition) is 2. The van der Waals surface area contributed by atoms with Crippen molar-refractivity contribution >= 4 is 27.6 Å². The van der Waals surface area contributed by atoms with E-state index in [-0.39, 0.29) is 22.9 Å². The molecule has 2 aromatic heterocycles. The van der Waals surface area contributed by atoms with Crippen LogP contribution in [-0.2, 0) is 21.8 Å². The summed E-state index contributed by atoms with van der Waals surface area (Å²) in [6.45, 7) is 1.55. The molecule has 2 N–H and O–H groups in total. The van der Waals surface area contributed by atoms with Gasteiger partial charge in [-0.25, -0.2) is 36.0 Å². The smallest absolute Gasteiger partial charge is 0.413 e. The Balaban J connectivity index is 1.85. The highest BCUT2D eigenvalue weighted by Gasteiger charge is 2.30. The van der Waals surface area contributed by atoms with Crippen molar-refractivity contribution in [1.29, 1.82) is 0 Å². The maximum atomic E-state index is 13.9. The number of aryl methyl sites for hydroxylation is 2. The van der Waals surface area contributed by atoms with E-state index in [1.165, 1.54) is 31.3 Å². The number of nitrogens with zero attached hydrogens (tertiary/aromatic N) is 4. The van der Waals surface area contributed by atoms with Crippen LogP contribution >= 0.6 is 0 Å². The van der Waals surface area contributed by atoms with E-state index in [0.29, 0.717) is 5.69 Å². The summed E-state index contributed by atoms with van der Waals surface area (Å²) in [6.07, 6.45) is -5.62. The SMILES string of the molecule is Cc1nc(-c2nnn(C)c2NC(=O)O[C@@H](c2ccccc2F)C(F)F)ccc1NS(C)(=O)=O. The number of rotatable bonds is 7. The Morgan fingerprint density at radius 2 is 1.88 bits per heavy atom. The molecule has 0 fully saturated rings. The molecule has 0 aliphatic carbocycles. The first-order valence-corrected chi connectivity index (χ1v) is 11.2. The molecular weight excluding hydrogens is 465 g/mol. The third kappa shape index (κ3) is 5.77. The van der Waals surface area contributed by atoms with Crippen LogP contribution in [0.4, 0.5) is 29.5 Å². The molecule has 0 aliphatic rings. The predicted octanol–water partition coefficient (Wildman–Crippen LogP) is 3.25. The third-order valence-corrected chi connectivity index (χ3v) is 4.94. The molecule has 0 spiro atoms. The van der Waals surface area contributed by atoms with Gasteiger partial charge in [-0.3, -0.25) is 10.0 Å². The Morgan fingerprint density at radius 3 is 2.48 bits per heavy atom. The second-order valence-corrected chi connectivity index (χ2v) is 8.67. The lowest BCUT2D eigenvalue weighted by molar-refractivity contribution is -0.0160. The zero-order valence-electron chi connectivity index (χ0n) is 17.6. The Hall–Kier alpha value is -3.68. The predicted molar refractivity (Wildman–Crippen MR) is 113 cm³/mol. The number of sulfonamides is 1. The number of pyridine rings is 1. The Bertz CT molecular complexity index is 1280. The van der Waals surface area contributed by atoms with Gasteiger partial charge in [-0.05, 0) is 25.1 Å². The third-order valence-electron chi connectivity index (χ3n) is 4.35. The Kier molecular flexibility index (Phi) is 6.86. The Morgan fingerprint density at radius 1 is 1.18 bits per heavy atom. The molecule has 14 heteroatoms. The number of ether oxygens (including phenoxy) is 1. The number of halogens is 3. The van der Waals surface area contributed by atoms with Crippen molar-refractivity contribution in [3.63, 3.8) is 0 Å². The number of amides is 1. The van der Waals surface area contributed by atoms with Gasteiger partial charge < -0.3 is 4.74 Å². The first kappa shape index (κ1) is 24.0. The topological polar surface area (TPSA) is 128 Å². The quantitative estimate of drug-likeness (QED) is 0.527. The standard InChI is InChI=1S/C19H19F3N6O4S/c1-10-13(26-33(3,30)31)8-9-14(23-10)15-18(28(2)27-25-15)24-19(29)32-16(17(21)22)11-6-4-5-7-12(11)20/h4-9,16-17,26H,1-3H3,(H,24,29)/t16-/m0/s1. The zero-order valence-corrected chi connectivity index (χ0v) is 18.4. The first-order chi connectivity index (χ1) is 15.5. The number of hydrogen-bond acceptors (Lipinski definition) is 7. The summed E-state index contributed by atoms with van der Waals surface area (Å²) in [5, 5.41) is 9.96. The van der Waals surface area contributed by atoms with Gasteiger partial charge in [0.15, 0.2) is 17.6 Å². The monoisotopic (exact) mass is 484 g/mol. The van der Waals surface area contributed by atoms with Gasteiger partial charge in [-0.15, -0.1) is 5.10 Å². The molecule has 1 aromatic carbocycles. The summed E-state index contributed by atoms with van der Waals surface area (Å²) in [7, 11) is -2.09. The molecule has 10 nitrogen and oxygen atoms in total. The van der Waals surface area contributed by atoms with Crippen molar-refractivity contribution in [1.82, 2.24) is 20.0 Å². The minimum atomic E-state index is -3.53. The van der Waals surface area contributed by atoms with Gasteiger partial charge >= 0.3 is 6.09 Å². The summed E-state index contributed by atoms with van der Waals surface area (Å²) in [4.78, 5) is 16.6. The maximum Gasteiger partial charge on any atom is 0.413 e. The summed E-state index contributed by atoms with van der Waals surface area (Å²) in [5.74, 6) is -0.974. The highest BCUT2D eigenvalue weighted by Crippen LogP contribution is 2.29. The summed E-state index contributed by atoms with van der Waals surface area (Å²) in [6, 6.07) is 7.61. The van der Waals surface area contributed by atoms with Crippen molar-refractivity contribution in [2.24, 2.45) is 7.05 Å². The van der Waals surface area contributed by atoms with Crippen molar-refractivity contribution in [3.05, 3.63) is 53.5 Å². The molecule has 176 valence electrons. The van der Waals surface area contributed by atoms with Crippen molar-refractivity contribution in [2.45, 2.75) is 19.5 Å². The van der Waals surface area contributed by atoms with Crippen molar-refractivity contribution in [2.75, 3.05) is 16.3 Å². The van der Waals surface area contributed by atoms with Gasteiger partial charge in [-0.2, -0.15) is 0 Å². The fourth-order valence-electron chi connectivity index (χ4n) is 2.87. The lowest BCUT2D eigenvalue weighted by atomic mass is 10.1. The van der Waals surface area contributed by atoms with Crippen LogP contribution in [0.5, 0.6) is 0 Å². The van der Waals surface area contributed by atoms with E-state index in [1.807, 2.05) is 0 Å². The Labute approximate surface area is 186 Å². The molecule has 33 heavy (non-hydrogen) atoms. The number of carbonyl (C=O) groups excluding carboxylic acids is 1. The fraction of sp³-hybridized carbons (Fsp3) is 0.263. The van der Waals surface area contributed by atoms with Crippen LogP contribution in [0.1, 0.15) is 17.4 Å². The lowest BCUT2D eigenvalue weighted by Gasteiger charge is -2.18. The first-order valence-electron chi connectivity index (χ1n) is 9.32. The van der Waals surface area contributed by atoms with Gasteiger partial charge in [0.05, 0.1) is 23.3 Å². The van der Waals surface area contributed by atoms with E-state index in [0.717, 1.165) is 23.1 Å². The van der Waals surface area contributed by atoms with E-state index < -0.39 is 40.0 Å². The average Bonchev–Trinajstić information content (AvgIpc) is 3.07. The largest absolute Gasteiger partial charge is 0.435 e. The molecule has 0 bridgehead atoms. The van der Waals surface area contributed by atoms with Crippen LogP contribution in [0.3, 0.4) is 0 Å². The van der Waals surface area contributed by atoms with Crippen LogP contribution in [0.2, 0.25) is 0 Å². The van der Waals surface area contributed by atoms with Gasteiger partial charge in [0.1, 0.15) is 5.82 Å². The van der Waals surface area contributed by atoms with E-state index >= 15 is 0 Å². The minimum Gasteiger partial charge on any atom is -0.435 e. The lowest BCUT2D eigenvalue weighted by Crippen LogP contribution is -2.24. The van der Waals surface area contributed by atoms with Gasteiger partial charge in [0.25, 0.3) is 6.43 Å². The summed E-state index contributed by atoms with van der Waals surface area (Å²) < 4.78 is 72.0. The molecule has 0 saturated carbocycles. The molecule has 3 aromatic rings. The van der Waals surface area contributed by atoms with Crippen molar-refractivity contribution in [3.8, 4) is 11.4 Å². The van der Waals surface area contributed by atoms with E-state index in [2.05, 4.69) is 25.3 Å². The minimum absolute atomic E-state index is 0.0303. The van der Waals surface area contributed by atoms with Crippen LogP contribution in [0.15, 0.2) is 36.4 Å². The number of alkyl halides is 2. The highest BCUT2D eigenvalue weighted by atomic mass is 32.2. The number of benzene rings is 1. The van der Waals surface area contributed by atoms with Crippen LogP contribution in [0.25, 0.3) is 11.4 Å². The molecule has 0 saturated heterocycles. The van der Waals surface area contributed by atoms with Gasteiger partial charge in [-0.1, -0.05) is 23.4 Å². The van der Waals surface area contributed by atoms with E-state index in [1.54, 1.807) is 6.92 Å². The second-order valence-electron chi connectivity index (χ2n) is 6.92. The number of aromatic nitrogens is 4. The molecule has 2 heterocycles. The molecule has 3 rings (SSSR count). The second kappa shape index (κ2) is 9.44. The maximum absolute atomic E-state index is 13.9. The van der Waals surface area contributed by atoms with Gasteiger partial charge in [0, 0.05) is 12.6 Å². The summed E-state index contributed by atoms with van der Waals surface area (Å²) >= 11 is 0. The molecule has 1 atom stereocenters. The van der Waals surface area contributed by atoms with E-state index in [4.69, 9.17) is 4.74 Å². The van der Waals surface area contributed by atoms with E-state index in [9.17, 15) is 26.4 Å². The number of nitrogens with one attached hydrogen (secondary N) is 2. The number of carbonyl (C=O) groups is 1. The van der Waals surface area contributed by atoms with Crippen LogP contribution in [0, 0.1) is 12.7 Å². The molecular formula is C19H19F3N6O4S. The zero-order chi connectivity index (χ0) is 24.3. The summed E-state index contributed by atoms with van der Waals surface area (Å²) in [5.41, 5.74) is 0.368. The van der Waals surface area contributed by atoms with Crippen molar-refractivity contribution < 1.29 is 31.1 Å². The normalized spacial score (nSPS) is 12.5. The van der Waals surface area contributed by atoms with Gasteiger partial charge in [0.2, 0.25) is 10.0 Å².